The summed E-state index contributed by atoms with van der Waals surface area (Å²) >= 11 is 1.56. The summed E-state index contributed by atoms with van der Waals surface area (Å²) in [6, 6.07) is 11.7. The third kappa shape index (κ3) is 9.20. The van der Waals surface area contributed by atoms with Gasteiger partial charge in [0.1, 0.15) is 23.4 Å². The van der Waals surface area contributed by atoms with Crippen LogP contribution in [0.15, 0.2) is 48.5 Å². The first-order valence-corrected chi connectivity index (χ1v) is 14.6. The summed E-state index contributed by atoms with van der Waals surface area (Å²) in [5, 5.41) is 15.7. The third-order valence-corrected chi connectivity index (χ3v) is 7.12. The molecule has 2 aromatic rings. The van der Waals surface area contributed by atoms with Crippen molar-refractivity contribution in [3.05, 3.63) is 59.7 Å². The minimum Gasteiger partial charge on any atom is -0.508 e. The molecule has 0 spiro atoms. The number of phenolic OH excluding ortho intramolecular Hbond substituents is 1. The molecule has 0 bridgehead atoms. The van der Waals surface area contributed by atoms with E-state index in [9.17, 15) is 19.5 Å². The third-order valence-electron chi connectivity index (χ3n) is 6.47. The van der Waals surface area contributed by atoms with Gasteiger partial charge in [0.05, 0.1) is 0 Å². The molecule has 0 heterocycles. The maximum absolute atomic E-state index is 14.4. The van der Waals surface area contributed by atoms with Gasteiger partial charge in [0.25, 0.3) is 5.91 Å². The summed E-state index contributed by atoms with van der Waals surface area (Å²) in [4.78, 5) is 42.7. The van der Waals surface area contributed by atoms with Gasteiger partial charge in [-0.05, 0) is 95.7 Å². The molecule has 214 valence electrons. The summed E-state index contributed by atoms with van der Waals surface area (Å²) in [6.45, 7) is 12.9. The molecule has 3 amide bonds. The standard InChI is InChI=1S/C30H43N3O5S/c1-9-30(6,7)33(27(36)24(18-19-39-8)32-28(37)38-29(3,4)5)25(21-14-16-22(34)17-15-21)26(35)31-23-13-11-10-12-20(23)2/h10-17,24-25,34H,9,18-19H2,1-8H3,(H,31,35)(H,32,37). The molecule has 2 aromatic carbocycles. The van der Waals surface area contributed by atoms with E-state index in [1.54, 1.807) is 49.6 Å². The van der Waals surface area contributed by atoms with Gasteiger partial charge in [0, 0.05) is 11.2 Å². The van der Waals surface area contributed by atoms with Crippen LogP contribution in [0.1, 0.15) is 71.6 Å². The van der Waals surface area contributed by atoms with Gasteiger partial charge in [-0.2, -0.15) is 11.8 Å². The average Bonchev–Trinajstić information content (AvgIpc) is 2.85. The SMILES string of the molecule is CCC(C)(C)N(C(=O)C(CCSC)NC(=O)OC(C)(C)C)C(C(=O)Nc1ccccc1C)c1ccc(O)cc1. The fourth-order valence-electron chi connectivity index (χ4n) is 4.04. The first-order valence-electron chi connectivity index (χ1n) is 13.2. The molecule has 0 radical (unpaired) electrons. The Morgan fingerprint density at radius 3 is 2.18 bits per heavy atom. The van der Waals surface area contributed by atoms with Crippen molar-refractivity contribution in [2.24, 2.45) is 0 Å². The Balaban J connectivity index is 2.62. The van der Waals surface area contributed by atoms with Crippen molar-refractivity contribution in [2.45, 2.75) is 84.5 Å². The zero-order valence-electron chi connectivity index (χ0n) is 24.3. The number of carbonyl (C=O) groups excluding carboxylic acids is 3. The number of amides is 3. The monoisotopic (exact) mass is 557 g/mol. The fraction of sp³-hybridized carbons (Fsp3) is 0.500. The van der Waals surface area contributed by atoms with E-state index in [0.717, 1.165) is 5.56 Å². The molecule has 8 nitrogen and oxygen atoms in total. The number of hydrogen-bond donors (Lipinski definition) is 3. The number of phenols is 1. The predicted molar refractivity (Wildman–Crippen MR) is 158 cm³/mol. The molecule has 2 unspecified atom stereocenters. The van der Waals surface area contributed by atoms with Crippen LogP contribution >= 0.6 is 11.8 Å². The van der Waals surface area contributed by atoms with Crippen LogP contribution < -0.4 is 10.6 Å². The van der Waals surface area contributed by atoms with E-state index < -0.39 is 35.2 Å². The smallest absolute Gasteiger partial charge is 0.408 e. The maximum atomic E-state index is 14.4. The second kappa shape index (κ2) is 13.7. The van der Waals surface area contributed by atoms with Crippen LogP contribution in [0.25, 0.3) is 0 Å². The number of carbonyl (C=O) groups is 3. The Morgan fingerprint density at radius 2 is 1.64 bits per heavy atom. The fourth-order valence-corrected chi connectivity index (χ4v) is 4.52. The first kappa shape index (κ1) is 32.0. The van der Waals surface area contributed by atoms with Gasteiger partial charge in [-0.3, -0.25) is 9.59 Å². The van der Waals surface area contributed by atoms with Crippen molar-refractivity contribution in [2.75, 3.05) is 17.3 Å². The predicted octanol–water partition coefficient (Wildman–Crippen LogP) is 6.04. The number of hydrogen-bond acceptors (Lipinski definition) is 6. The van der Waals surface area contributed by atoms with Crippen molar-refractivity contribution >= 4 is 35.4 Å². The van der Waals surface area contributed by atoms with Crippen LogP contribution in [0.2, 0.25) is 0 Å². The van der Waals surface area contributed by atoms with Gasteiger partial charge in [0.2, 0.25) is 5.91 Å². The largest absolute Gasteiger partial charge is 0.508 e. The topological polar surface area (TPSA) is 108 Å². The highest BCUT2D eigenvalue weighted by Gasteiger charge is 2.43. The van der Waals surface area contributed by atoms with E-state index in [4.69, 9.17) is 4.74 Å². The minimum absolute atomic E-state index is 0.0499. The summed E-state index contributed by atoms with van der Waals surface area (Å²) in [5.41, 5.74) is 0.554. The van der Waals surface area contributed by atoms with Gasteiger partial charge in [0.15, 0.2) is 0 Å². The highest BCUT2D eigenvalue weighted by molar-refractivity contribution is 7.98. The van der Waals surface area contributed by atoms with Gasteiger partial charge in [-0.1, -0.05) is 37.3 Å². The number of benzene rings is 2. The molecular weight excluding hydrogens is 514 g/mol. The number of nitrogens with one attached hydrogen (secondary N) is 2. The van der Waals surface area contributed by atoms with E-state index in [1.807, 2.05) is 58.2 Å². The number of para-hydroxylation sites is 1. The molecule has 0 aliphatic heterocycles. The van der Waals surface area contributed by atoms with E-state index in [2.05, 4.69) is 10.6 Å². The Labute approximate surface area is 236 Å². The summed E-state index contributed by atoms with van der Waals surface area (Å²) < 4.78 is 5.45. The van der Waals surface area contributed by atoms with Crippen LogP contribution in [0, 0.1) is 6.92 Å². The number of rotatable bonds is 11. The van der Waals surface area contributed by atoms with Crippen molar-refractivity contribution in [1.29, 1.82) is 0 Å². The number of thioether (sulfide) groups is 1. The number of aromatic hydroxyl groups is 1. The quantitative estimate of drug-likeness (QED) is 0.311. The lowest BCUT2D eigenvalue weighted by Crippen LogP contribution is -2.59. The number of alkyl carbamates (subject to hydrolysis) is 1. The molecular formula is C30H43N3O5S. The van der Waals surface area contributed by atoms with E-state index in [-0.39, 0.29) is 11.7 Å². The lowest BCUT2D eigenvalue weighted by molar-refractivity contribution is -0.147. The van der Waals surface area contributed by atoms with Crippen molar-refractivity contribution < 1.29 is 24.2 Å². The van der Waals surface area contributed by atoms with Crippen LogP contribution in [-0.2, 0) is 14.3 Å². The molecule has 0 saturated carbocycles. The van der Waals surface area contributed by atoms with Crippen LogP contribution in [-0.4, -0.2) is 57.1 Å². The Morgan fingerprint density at radius 1 is 1.03 bits per heavy atom. The molecule has 0 aliphatic carbocycles. The molecule has 0 fully saturated rings. The molecule has 0 saturated heterocycles. The van der Waals surface area contributed by atoms with E-state index in [1.165, 1.54) is 12.1 Å². The summed E-state index contributed by atoms with van der Waals surface area (Å²) in [7, 11) is 0. The first-order chi connectivity index (χ1) is 18.2. The molecule has 2 atom stereocenters. The number of nitrogens with zero attached hydrogens (tertiary/aromatic N) is 1. The zero-order chi connectivity index (χ0) is 29.4. The second-order valence-corrected chi connectivity index (χ2v) is 12.1. The van der Waals surface area contributed by atoms with Crippen molar-refractivity contribution in [1.82, 2.24) is 10.2 Å². The molecule has 3 N–H and O–H groups in total. The molecule has 2 rings (SSSR count). The number of anilines is 1. The van der Waals surface area contributed by atoms with Gasteiger partial charge < -0.3 is 25.4 Å². The van der Waals surface area contributed by atoms with Crippen LogP contribution in [0.4, 0.5) is 10.5 Å². The molecule has 9 heteroatoms. The van der Waals surface area contributed by atoms with E-state index in [0.29, 0.717) is 29.8 Å². The Bertz CT molecular complexity index is 1130. The molecule has 39 heavy (non-hydrogen) atoms. The normalized spacial score (nSPS) is 13.2. The number of ether oxygens (including phenoxy) is 1. The number of aryl methyl sites for hydroxylation is 1. The lowest BCUT2D eigenvalue weighted by atomic mass is 9.91. The molecule has 0 aromatic heterocycles. The lowest BCUT2D eigenvalue weighted by Gasteiger charge is -2.44. The highest BCUT2D eigenvalue weighted by Crippen LogP contribution is 2.34. The Hall–Kier alpha value is -3.20. The summed E-state index contributed by atoms with van der Waals surface area (Å²) in [5.74, 6) is -0.120. The van der Waals surface area contributed by atoms with Gasteiger partial charge >= 0.3 is 6.09 Å². The summed E-state index contributed by atoms with van der Waals surface area (Å²) in [6.07, 6.45) is 2.14. The highest BCUT2D eigenvalue weighted by atomic mass is 32.2. The van der Waals surface area contributed by atoms with Crippen molar-refractivity contribution in [3.63, 3.8) is 0 Å². The van der Waals surface area contributed by atoms with E-state index >= 15 is 0 Å². The van der Waals surface area contributed by atoms with Gasteiger partial charge in [-0.25, -0.2) is 4.79 Å². The maximum Gasteiger partial charge on any atom is 0.408 e. The van der Waals surface area contributed by atoms with Crippen molar-refractivity contribution in [3.8, 4) is 5.75 Å². The minimum atomic E-state index is -1.04. The second-order valence-electron chi connectivity index (χ2n) is 11.2. The Kier molecular flexibility index (Phi) is 11.3. The van der Waals surface area contributed by atoms with Crippen LogP contribution in [0.3, 0.4) is 0 Å². The average molecular weight is 558 g/mol. The van der Waals surface area contributed by atoms with Crippen LogP contribution in [0.5, 0.6) is 5.75 Å². The zero-order valence-corrected chi connectivity index (χ0v) is 25.1. The molecule has 0 aliphatic rings. The van der Waals surface area contributed by atoms with Gasteiger partial charge in [-0.15, -0.1) is 0 Å².